The fourth-order valence-electron chi connectivity index (χ4n) is 2.90. The average molecular weight is 440 g/mol. The number of aromatic nitrogens is 1. The Morgan fingerprint density at radius 3 is 2.52 bits per heavy atom. The largest absolute Gasteiger partial charge is 0.494 e. The molecular weight excluding hydrogens is 414 g/mol. The first kappa shape index (κ1) is 22.3. The number of hydrogen-bond donors (Lipinski definition) is 2. The summed E-state index contributed by atoms with van der Waals surface area (Å²) in [6.45, 7) is 4.33. The van der Waals surface area contributed by atoms with Crippen LogP contribution in [0, 0.1) is 6.92 Å². The molecule has 0 radical (unpaired) electrons. The van der Waals surface area contributed by atoms with E-state index in [1.807, 2.05) is 26.0 Å². The third-order valence-electron chi connectivity index (χ3n) is 4.52. The first-order valence-electron chi connectivity index (χ1n) is 9.89. The SMILES string of the molecule is CCOc1ccc(NCC(=O)NCc2ccccn2)c(S(=O)(=O)c2ccc(C)cc2)c1. The average Bonchev–Trinajstić information content (AvgIpc) is 2.78. The van der Waals surface area contributed by atoms with Crippen LogP contribution in [0.4, 0.5) is 5.69 Å². The molecule has 1 amide bonds. The van der Waals surface area contributed by atoms with Crippen molar-refractivity contribution in [1.29, 1.82) is 0 Å². The molecule has 1 heterocycles. The summed E-state index contributed by atoms with van der Waals surface area (Å²) in [5.74, 6) is 0.163. The van der Waals surface area contributed by atoms with Crippen molar-refractivity contribution in [2.24, 2.45) is 0 Å². The summed E-state index contributed by atoms with van der Waals surface area (Å²) in [6.07, 6.45) is 1.65. The van der Waals surface area contributed by atoms with Crippen LogP contribution in [0.2, 0.25) is 0 Å². The molecule has 0 spiro atoms. The van der Waals surface area contributed by atoms with Gasteiger partial charge in [-0.25, -0.2) is 8.42 Å². The second kappa shape index (κ2) is 10.1. The number of pyridine rings is 1. The number of carbonyl (C=O) groups is 1. The molecule has 0 fully saturated rings. The minimum absolute atomic E-state index is 0.0554. The van der Waals surface area contributed by atoms with Gasteiger partial charge in [-0.1, -0.05) is 23.8 Å². The lowest BCUT2D eigenvalue weighted by atomic mass is 10.2. The monoisotopic (exact) mass is 439 g/mol. The van der Waals surface area contributed by atoms with Gasteiger partial charge in [-0.05, 0) is 50.2 Å². The van der Waals surface area contributed by atoms with Gasteiger partial charge in [0.05, 0.1) is 40.9 Å². The maximum absolute atomic E-state index is 13.3. The predicted molar refractivity (Wildman–Crippen MR) is 119 cm³/mol. The lowest BCUT2D eigenvalue weighted by Crippen LogP contribution is -2.30. The molecule has 0 saturated carbocycles. The Morgan fingerprint density at radius 1 is 1.06 bits per heavy atom. The smallest absolute Gasteiger partial charge is 0.239 e. The third-order valence-corrected chi connectivity index (χ3v) is 6.33. The lowest BCUT2D eigenvalue weighted by molar-refractivity contribution is -0.119. The number of sulfone groups is 1. The van der Waals surface area contributed by atoms with Gasteiger partial charge in [-0.15, -0.1) is 0 Å². The van der Waals surface area contributed by atoms with Crippen LogP contribution in [0.25, 0.3) is 0 Å². The van der Waals surface area contributed by atoms with Gasteiger partial charge >= 0.3 is 0 Å². The third kappa shape index (κ3) is 5.82. The number of ether oxygens (including phenoxy) is 1. The number of carbonyl (C=O) groups excluding carboxylic acids is 1. The minimum Gasteiger partial charge on any atom is -0.494 e. The Kier molecular flexibility index (Phi) is 7.25. The van der Waals surface area contributed by atoms with Crippen molar-refractivity contribution in [1.82, 2.24) is 10.3 Å². The first-order valence-corrected chi connectivity index (χ1v) is 11.4. The molecule has 8 heteroatoms. The molecule has 0 saturated heterocycles. The Hall–Kier alpha value is -3.39. The van der Waals surface area contributed by atoms with Gasteiger partial charge in [0.2, 0.25) is 15.7 Å². The van der Waals surface area contributed by atoms with E-state index < -0.39 is 9.84 Å². The second-order valence-corrected chi connectivity index (χ2v) is 8.78. The normalized spacial score (nSPS) is 11.0. The number of nitrogens with zero attached hydrogens (tertiary/aromatic N) is 1. The van der Waals surface area contributed by atoms with Crippen LogP contribution < -0.4 is 15.4 Å². The summed E-state index contributed by atoms with van der Waals surface area (Å²) in [4.78, 5) is 16.6. The molecule has 0 bridgehead atoms. The molecule has 0 aliphatic carbocycles. The molecule has 0 aliphatic heterocycles. The molecule has 1 aromatic heterocycles. The lowest BCUT2D eigenvalue weighted by Gasteiger charge is -2.15. The molecule has 3 rings (SSSR count). The van der Waals surface area contributed by atoms with E-state index >= 15 is 0 Å². The van der Waals surface area contributed by atoms with Crippen LogP contribution in [0.1, 0.15) is 18.2 Å². The fraction of sp³-hybridized carbons (Fsp3) is 0.217. The molecule has 3 aromatic rings. The van der Waals surface area contributed by atoms with Gasteiger partial charge in [0.1, 0.15) is 5.75 Å². The Bertz CT molecular complexity index is 1130. The van der Waals surface area contributed by atoms with Gasteiger partial charge < -0.3 is 15.4 Å². The standard InChI is InChI=1S/C23H25N3O4S/c1-3-30-19-9-12-21(25-16-23(27)26-15-18-6-4-5-13-24-18)22(14-19)31(28,29)20-10-7-17(2)8-11-20/h4-14,25H,3,15-16H2,1-2H3,(H,26,27). The molecule has 2 N–H and O–H groups in total. The number of anilines is 1. The van der Waals surface area contributed by atoms with Crippen LogP contribution in [-0.4, -0.2) is 32.5 Å². The van der Waals surface area contributed by atoms with E-state index in [1.54, 1.807) is 48.7 Å². The highest BCUT2D eigenvalue weighted by Gasteiger charge is 2.22. The van der Waals surface area contributed by atoms with E-state index in [1.165, 1.54) is 6.07 Å². The van der Waals surface area contributed by atoms with Crippen molar-refractivity contribution in [2.75, 3.05) is 18.5 Å². The first-order chi connectivity index (χ1) is 14.9. The van der Waals surface area contributed by atoms with Crippen LogP contribution in [-0.2, 0) is 21.2 Å². The summed E-state index contributed by atoms with van der Waals surface area (Å²) in [5.41, 5.74) is 2.03. The van der Waals surface area contributed by atoms with E-state index in [0.717, 1.165) is 11.3 Å². The predicted octanol–water partition coefficient (Wildman–Crippen LogP) is 3.35. The number of amides is 1. The zero-order valence-corrected chi connectivity index (χ0v) is 18.3. The van der Waals surface area contributed by atoms with Crippen molar-refractivity contribution in [3.63, 3.8) is 0 Å². The molecule has 31 heavy (non-hydrogen) atoms. The summed E-state index contributed by atoms with van der Waals surface area (Å²) in [5, 5.41) is 5.70. The van der Waals surface area contributed by atoms with Crippen molar-refractivity contribution in [3.05, 3.63) is 78.1 Å². The molecule has 2 aromatic carbocycles. The number of benzene rings is 2. The van der Waals surface area contributed by atoms with Crippen molar-refractivity contribution in [3.8, 4) is 5.75 Å². The van der Waals surface area contributed by atoms with E-state index in [9.17, 15) is 13.2 Å². The van der Waals surface area contributed by atoms with Crippen molar-refractivity contribution < 1.29 is 17.9 Å². The maximum atomic E-state index is 13.3. The van der Waals surface area contributed by atoms with Crippen LogP contribution >= 0.6 is 0 Å². The molecule has 7 nitrogen and oxygen atoms in total. The number of nitrogens with one attached hydrogen (secondary N) is 2. The molecular formula is C23H25N3O4S. The zero-order valence-electron chi connectivity index (χ0n) is 17.5. The maximum Gasteiger partial charge on any atom is 0.239 e. The van der Waals surface area contributed by atoms with Gasteiger partial charge in [0.15, 0.2) is 0 Å². The highest BCUT2D eigenvalue weighted by Crippen LogP contribution is 2.31. The molecule has 0 atom stereocenters. The van der Waals surface area contributed by atoms with Gasteiger partial charge in [-0.2, -0.15) is 0 Å². The van der Waals surface area contributed by atoms with Crippen molar-refractivity contribution >= 4 is 21.4 Å². The van der Waals surface area contributed by atoms with Crippen molar-refractivity contribution in [2.45, 2.75) is 30.2 Å². The van der Waals surface area contributed by atoms with Crippen LogP contribution in [0.15, 0.2) is 76.7 Å². The van der Waals surface area contributed by atoms with Crippen LogP contribution in [0.5, 0.6) is 5.75 Å². The molecule has 0 unspecified atom stereocenters. The Morgan fingerprint density at radius 2 is 1.84 bits per heavy atom. The van der Waals surface area contributed by atoms with Gasteiger partial charge in [0, 0.05) is 12.3 Å². The summed E-state index contributed by atoms with van der Waals surface area (Å²) < 4.78 is 32.0. The Balaban J connectivity index is 1.79. The zero-order chi connectivity index (χ0) is 22.3. The fourth-order valence-corrected chi connectivity index (χ4v) is 4.35. The number of aryl methyl sites for hydroxylation is 1. The highest BCUT2D eigenvalue weighted by molar-refractivity contribution is 7.91. The van der Waals surface area contributed by atoms with Gasteiger partial charge in [0.25, 0.3) is 0 Å². The summed E-state index contributed by atoms with van der Waals surface area (Å²) in [6, 6.07) is 16.9. The quantitative estimate of drug-likeness (QED) is 0.531. The molecule has 0 aliphatic rings. The second-order valence-electron chi connectivity index (χ2n) is 6.86. The number of rotatable bonds is 9. The van der Waals surface area contributed by atoms with E-state index in [-0.39, 0.29) is 22.2 Å². The number of hydrogen-bond acceptors (Lipinski definition) is 6. The molecule has 162 valence electrons. The van der Waals surface area contributed by atoms with E-state index in [2.05, 4.69) is 15.6 Å². The topological polar surface area (TPSA) is 97.4 Å². The Labute approximate surface area is 182 Å². The summed E-state index contributed by atoms with van der Waals surface area (Å²) >= 11 is 0. The highest BCUT2D eigenvalue weighted by atomic mass is 32.2. The minimum atomic E-state index is -3.81. The van der Waals surface area contributed by atoms with E-state index in [4.69, 9.17) is 4.74 Å². The van der Waals surface area contributed by atoms with Gasteiger partial charge in [-0.3, -0.25) is 9.78 Å². The van der Waals surface area contributed by atoms with Crippen LogP contribution in [0.3, 0.4) is 0 Å². The van der Waals surface area contributed by atoms with E-state index in [0.29, 0.717) is 24.6 Å². The summed E-state index contributed by atoms with van der Waals surface area (Å²) in [7, 11) is -3.81.